The molecule has 3 heterocycles. The molecule has 0 aliphatic carbocycles. The molecule has 2 aromatic carbocycles. The van der Waals surface area contributed by atoms with E-state index in [1.165, 1.54) is 11.1 Å². The summed E-state index contributed by atoms with van der Waals surface area (Å²) in [4.78, 5) is 16.4. The van der Waals surface area contributed by atoms with Crippen molar-refractivity contribution in [1.82, 2.24) is 19.9 Å². The molecule has 0 radical (unpaired) electrons. The molecule has 0 saturated carbocycles. The lowest BCUT2D eigenvalue weighted by atomic mass is 10.1. The second kappa shape index (κ2) is 8.46. The Morgan fingerprint density at radius 1 is 0.935 bits per heavy atom. The van der Waals surface area contributed by atoms with Gasteiger partial charge in [0.1, 0.15) is 0 Å². The van der Waals surface area contributed by atoms with Gasteiger partial charge in [0.15, 0.2) is 5.82 Å². The largest absolute Gasteiger partial charge is 0.399 e. The van der Waals surface area contributed by atoms with Crippen molar-refractivity contribution in [2.45, 2.75) is 19.5 Å². The number of hydrogen-bond donors (Lipinski definition) is 1. The lowest BCUT2D eigenvalue weighted by Gasteiger charge is -2.28. The molecule has 4 aromatic rings. The second-order valence-electron chi connectivity index (χ2n) is 7.81. The summed E-state index contributed by atoms with van der Waals surface area (Å²) < 4.78 is 0. The number of nitrogens with two attached hydrogens (primary N) is 1. The summed E-state index contributed by atoms with van der Waals surface area (Å²) in [5.74, 6) is 0.757. The molecule has 0 amide bonds. The van der Waals surface area contributed by atoms with E-state index in [4.69, 9.17) is 22.3 Å². The molecule has 154 valence electrons. The molecule has 2 N–H and O–H groups in total. The van der Waals surface area contributed by atoms with Gasteiger partial charge in [-0.2, -0.15) is 0 Å². The molecule has 0 atom stereocenters. The molecular weight excluding hydrogens is 406 g/mol. The molecular formula is C25H22ClN5. The maximum atomic E-state index is 6.10. The van der Waals surface area contributed by atoms with Gasteiger partial charge in [0.25, 0.3) is 0 Å². The number of anilines is 1. The molecule has 1 aliphatic rings. The summed E-state index contributed by atoms with van der Waals surface area (Å²) >= 11 is 6.10. The fourth-order valence-electron chi connectivity index (χ4n) is 3.88. The average molecular weight is 428 g/mol. The first kappa shape index (κ1) is 19.7. The van der Waals surface area contributed by atoms with Gasteiger partial charge in [-0.25, -0.2) is 9.97 Å². The summed E-state index contributed by atoms with van der Waals surface area (Å²) in [6, 6.07) is 19.7. The van der Waals surface area contributed by atoms with Crippen LogP contribution in [-0.2, 0) is 19.5 Å². The van der Waals surface area contributed by atoms with Crippen LogP contribution in [-0.4, -0.2) is 26.4 Å². The minimum absolute atomic E-state index is 0.720. The minimum atomic E-state index is 0.720. The predicted octanol–water partition coefficient (Wildman–Crippen LogP) is 5.00. The molecule has 0 spiro atoms. The summed E-state index contributed by atoms with van der Waals surface area (Å²) in [6.45, 7) is 2.65. The smallest absolute Gasteiger partial charge is 0.159 e. The van der Waals surface area contributed by atoms with Crippen LogP contribution in [0.2, 0.25) is 5.02 Å². The van der Waals surface area contributed by atoms with Gasteiger partial charge in [0.05, 0.1) is 11.4 Å². The van der Waals surface area contributed by atoms with E-state index in [1.54, 1.807) is 0 Å². The quantitative estimate of drug-likeness (QED) is 0.464. The average Bonchev–Trinajstić information content (AvgIpc) is 2.80. The Morgan fingerprint density at radius 2 is 1.81 bits per heavy atom. The van der Waals surface area contributed by atoms with E-state index in [1.807, 2.05) is 60.9 Å². The Balaban J connectivity index is 1.27. The van der Waals surface area contributed by atoms with Gasteiger partial charge in [-0.15, -0.1) is 0 Å². The number of aromatic nitrogens is 3. The van der Waals surface area contributed by atoms with Crippen molar-refractivity contribution < 1.29 is 0 Å². The Kier molecular flexibility index (Phi) is 5.37. The van der Waals surface area contributed by atoms with Gasteiger partial charge in [-0.1, -0.05) is 29.8 Å². The number of fused-ring (bicyclic) bond motifs is 1. The van der Waals surface area contributed by atoms with Crippen molar-refractivity contribution in [3.8, 4) is 22.6 Å². The van der Waals surface area contributed by atoms with Crippen molar-refractivity contribution in [3.05, 3.63) is 94.9 Å². The maximum absolute atomic E-state index is 6.10. The van der Waals surface area contributed by atoms with Gasteiger partial charge < -0.3 is 5.73 Å². The zero-order chi connectivity index (χ0) is 21.2. The third-order valence-electron chi connectivity index (χ3n) is 5.53. The Bertz CT molecular complexity index is 1210. The van der Waals surface area contributed by atoms with E-state index >= 15 is 0 Å². The molecule has 5 rings (SSSR count). The van der Waals surface area contributed by atoms with Gasteiger partial charge in [0, 0.05) is 65.8 Å². The fourth-order valence-corrected chi connectivity index (χ4v) is 4.07. The Hall–Kier alpha value is -3.28. The number of halogens is 1. The van der Waals surface area contributed by atoms with Crippen molar-refractivity contribution in [3.63, 3.8) is 0 Å². The molecule has 0 saturated heterocycles. The minimum Gasteiger partial charge on any atom is -0.399 e. The van der Waals surface area contributed by atoms with Crippen LogP contribution in [0.5, 0.6) is 0 Å². The maximum Gasteiger partial charge on any atom is 0.159 e. The molecule has 2 aromatic heterocycles. The second-order valence-corrected chi connectivity index (χ2v) is 8.25. The summed E-state index contributed by atoms with van der Waals surface area (Å²) in [7, 11) is 0. The normalized spacial score (nSPS) is 13.7. The number of pyridine rings is 1. The van der Waals surface area contributed by atoms with Crippen molar-refractivity contribution >= 4 is 17.3 Å². The summed E-state index contributed by atoms with van der Waals surface area (Å²) in [5, 5.41) is 0.720. The standard InChI is InChI=1S/C25H22ClN5/c26-21-3-1-2-19(12-21)23-9-4-17(13-28-23)15-31-11-10-24-20(16-31)14-29-25(30-24)18-5-7-22(27)8-6-18/h1-9,12-14H,10-11,15-16,27H2. The van der Waals surface area contributed by atoms with E-state index in [0.717, 1.165) is 65.1 Å². The van der Waals surface area contributed by atoms with Crippen molar-refractivity contribution in [2.75, 3.05) is 12.3 Å². The topological polar surface area (TPSA) is 67.9 Å². The van der Waals surface area contributed by atoms with E-state index < -0.39 is 0 Å². The molecule has 0 unspecified atom stereocenters. The highest BCUT2D eigenvalue weighted by atomic mass is 35.5. The zero-order valence-electron chi connectivity index (χ0n) is 17.0. The van der Waals surface area contributed by atoms with Crippen LogP contribution in [0.4, 0.5) is 5.69 Å². The number of nitrogen functional groups attached to an aromatic ring is 1. The van der Waals surface area contributed by atoms with Crippen LogP contribution in [0.3, 0.4) is 0 Å². The van der Waals surface area contributed by atoms with E-state index in [2.05, 4.69) is 27.0 Å². The van der Waals surface area contributed by atoms with Crippen LogP contribution < -0.4 is 5.73 Å². The number of nitrogens with zero attached hydrogens (tertiary/aromatic N) is 4. The number of benzene rings is 2. The van der Waals surface area contributed by atoms with Crippen LogP contribution in [0.25, 0.3) is 22.6 Å². The number of rotatable bonds is 4. The first-order valence-corrected chi connectivity index (χ1v) is 10.7. The lowest BCUT2D eigenvalue weighted by molar-refractivity contribution is 0.242. The van der Waals surface area contributed by atoms with Crippen LogP contribution in [0.15, 0.2) is 73.1 Å². The molecule has 31 heavy (non-hydrogen) atoms. The van der Waals surface area contributed by atoms with Crippen molar-refractivity contribution in [2.24, 2.45) is 0 Å². The van der Waals surface area contributed by atoms with Crippen LogP contribution >= 0.6 is 11.6 Å². The van der Waals surface area contributed by atoms with Gasteiger partial charge in [-0.3, -0.25) is 9.88 Å². The molecule has 0 fully saturated rings. The van der Waals surface area contributed by atoms with Gasteiger partial charge >= 0.3 is 0 Å². The van der Waals surface area contributed by atoms with E-state index in [9.17, 15) is 0 Å². The lowest BCUT2D eigenvalue weighted by Crippen LogP contribution is -2.31. The van der Waals surface area contributed by atoms with Crippen molar-refractivity contribution in [1.29, 1.82) is 0 Å². The number of hydrogen-bond acceptors (Lipinski definition) is 5. The first-order chi connectivity index (χ1) is 15.1. The SMILES string of the molecule is Nc1ccc(-c2ncc3c(n2)CCN(Cc2ccc(-c4cccc(Cl)c4)nc2)C3)cc1. The Morgan fingerprint density at radius 3 is 2.58 bits per heavy atom. The molecule has 6 heteroatoms. The third kappa shape index (κ3) is 4.43. The first-order valence-electron chi connectivity index (χ1n) is 10.3. The molecule has 0 bridgehead atoms. The van der Waals surface area contributed by atoms with Crippen LogP contribution in [0, 0.1) is 0 Å². The summed E-state index contributed by atoms with van der Waals surface area (Å²) in [5.41, 5.74) is 13.0. The van der Waals surface area contributed by atoms with Gasteiger partial charge in [-0.05, 0) is 48.0 Å². The predicted molar refractivity (Wildman–Crippen MR) is 124 cm³/mol. The third-order valence-corrected chi connectivity index (χ3v) is 5.77. The zero-order valence-corrected chi connectivity index (χ0v) is 17.8. The van der Waals surface area contributed by atoms with Gasteiger partial charge in [0.2, 0.25) is 0 Å². The van der Waals surface area contributed by atoms with E-state index in [-0.39, 0.29) is 0 Å². The molecule has 5 nitrogen and oxygen atoms in total. The fraction of sp³-hybridized carbons (Fsp3) is 0.160. The monoisotopic (exact) mass is 427 g/mol. The molecule has 1 aliphatic heterocycles. The highest BCUT2D eigenvalue weighted by molar-refractivity contribution is 6.30. The summed E-state index contributed by atoms with van der Waals surface area (Å²) in [6.07, 6.45) is 4.82. The van der Waals surface area contributed by atoms with E-state index in [0.29, 0.717) is 0 Å². The highest BCUT2D eigenvalue weighted by Gasteiger charge is 2.19. The Labute approximate surface area is 186 Å². The highest BCUT2D eigenvalue weighted by Crippen LogP contribution is 2.24. The van der Waals surface area contributed by atoms with Crippen LogP contribution in [0.1, 0.15) is 16.8 Å².